The van der Waals surface area contributed by atoms with Crippen molar-refractivity contribution in [3.05, 3.63) is 143 Å². The Morgan fingerprint density at radius 1 is 0.851 bits per heavy atom. The molecule has 6 rings (SSSR count). The molecule has 0 aliphatic carbocycles. The molecule has 0 bridgehead atoms. The summed E-state index contributed by atoms with van der Waals surface area (Å²) < 4.78 is 6.07. The minimum Gasteiger partial charge on any atom is -0.492 e. The number of aromatic nitrogens is 1. The smallest absolute Gasteiger partial charge is 0.243 e. The third-order valence-electron chi connectivity index (χ3n) is 12.8. The van der Waals surface area contributed by atoms with Crippen molar-refractivity contribution >= 4 is 46.0 Å². The van der Waals surface area contributed by atoms with Crippen LogP contribution in [-0.4, -0.2) is 82.3 Å². The lowest BCUT2D eigenvalue weighted by Crippen LogP contribution is -2.50. The number of carbonyl (C=O) groups excluding carboxylic acids is 4. The minimum atomic E-state index is -0.821. The van der Waals surface area contributed by atoms with Crippen molar-refractivity contribution in [2.75, 3.05) is 26.7 Å². The summed E-state index contributed by atoms with van der Waals surface area (Å²) in [6.07, 6.45) is 4.08. The normalized spacial score (nSPS) is 15.7. The van der Waals surface area contributed by atoms with E-state index in [-0.39, 0.29) is 49.4 Å². The van der Waals surface area contributed by atoms with Gasteiger partial charge in [-0.1, -0.05) is 138 Å². The number of ether oxygens (including phenoxy) is 1. The number of Topliss-reactive ketones (excluding diaryl/α,β-unsaturated/α-hetero) is 1. The van der Waals surface area contributed by atoms with E-state index in [4.69, 9.17) is 4.74 Å². The number of likely N-dealkylation sites (tertiary alicyclic amines) is 1. The number of likely N-dealkylation sites (N-methyl/N-ethyl adjacent to an activating group) is 1. The molecule has 0 saturated carbocycles. The zero-order valence-corrected chi connectivity index (χ0v) is 40.9. The van der Waals surface area contributed by atoms with Crippen LogP contribution in [0.4, 0.5) is 0 Å². The van der Waals surface area contributed by atoms with E-state index >= 15 is 0 Å². The van der Waals surface area contributed by atoms with Gasteiger partial charge in [-0.25, -0.2) is 4.98 Å². The van der Waals surface area contributed by atoms with E-state index in [9.17, 15) is 24.3 Å². The lowest BCUT2D eigenvalue weighted by atomic mass is 9.76. The molecule has 11 heteroatoms. The SMILES string of the molecule is CC/C(=C(\c1ccccc1)c1ccc(OCCN(C)C(=O)CCCCCCC(=O)C[C@H](C(=O)N2C[C@H](O)C[C@H]2C(=O)NCc2ccc(-c3scnc3C)cc2)C(C)(C)C)cc1)c1ccccc1. The van der Waals surface area contributed by atoms with E-state index in [0.29, 0.717) is 32.4 Å². The third-order valence-corrected chi connectivity index (χ3v) is 13.7. The first kappa shape index (κ1) is 50.5. The molecule has 10 nitrogen and oxygen atoms in total. The molecule has 1 aliphatic heterocycles. The second-order valence-corrected chi connectivity index (χ2v) is 19.6. The zero-order valence-electron chi connectivity index (χ0n) is 40.1. The number of amides is 3. The standard InChI is InChI=1S/C56H68N4O6S/c1-7-48(41-18-12-10-13-19-41)52(42-20-14-11-15-21-42)43-28-30-47(31-29-43)66-33-32-59(6)51(63)23-17-9-8-16-22-45(61)34-49(56(3,4)5)55(65)60-37-46(62)35-50(60)54(64)57-36-40-24-26-44(27-25-40)53-39(2)58-38-67-53/h10-15,18-21,24-31,38,46,49-50,62H,7-9,16-17,22-23,32-37H2,1-6H3,(H,57,64)/b52-48-/t46-,49-,50+/m1/s1. The number of unbranched alkanes of at least 4 members (excludes halogenated alkanes) is 3. The highest BCUT2D eigenvalue weighted by atomic mass is 32.1. The third kappa shape index (κ3) is 14.1. The Bertz CT molecular complexity index is 2430. The summed E-state index contributed by atoms with van der Waals surface area (Å²) in [5, 5.41) is 13.6. The molecule has 3 atom stereocenters. The molecule has 1 aromatic heterocycles. The van der Waals surface area contributed by atoms with E-state index in [1.165, 1.54) is 27.2 Å². The fourth-order valence-electron chi connectivity index (χ4n) is 8.83. The predicted molar refractivity (Wildman–Crippen MR) is 269 cm³/mol. The number of nitrogens with zero attached hydrogens (tertiary/aromatic N) is 3. The summed E-state index contributed by atoms with van der Waals surface area (Å²) in [7, 11) is 1.80. The van der Waals surface area contributed by atoms with Gasteiger partial charge in [0, 0.05) is 51.7 Å². The monoisotopic (exact) mass is 924 g/mol. The van der Waals surface area contributed by atoms with E-state index in [0.717, 1.165) is 58.7 Å². The quantitative estimate of drug-likeness (QED) is 0.0522. The van der Waals surface area contributed by atoms with Gasteiger partial charge in [-0.05, 0) is 82.7 Å². The maximum absolute atomic E-state index is 14.1. The molecular formula is C56H68N4O6S. The molecule has 1 fully saturated rings. The number of carbonyl (C=O) groups is 4. The Hall–Kier alpha value is -5.91. The van der Waals surface area contributed by atoms with Crippen LogP contribution in [-0.2, 0) is 25.7 Å². The number of hydrogen-bond donors (Lipinski definition) is 2. The first-order valence-electron chi connectivity index (χ1n) is 23.8. The number of aliphatic hydroxyl groups excluding tert-OH is 1. The molecule has 2 heterocycles. The van der Waals surface area contributed by atoms with Gasteiger partial charge in [0.2, 0.25) is 17.7 Å². The summed E-state index contributed by atoms with van der Waals surface area (Å²) in [5.41, 5.74) is 10.2. The Labute approximate surface area is 401 Å². The van der Waals surface area contributed by atoms with Crippen LogP contribution < -0.4 is 10.1 Å². The van der Waals surface area contributed by atoms with E-state index in [2.05, 4.69) is 77.9 Å². The number of hydrogen-bond acceptors (Lipinski definition) is 8. The first-order valence-corrected chi connectivity index (χ1v) is 24.7. The van der Waals surface area contributed by atoms with Crippen LogP contribution in [0.3, 0.4) is 0 Å². The lowest BCUT2D eigenvalue weighted by molar-refractivity contribution is -0.146. The largest absolute Gasteiger partial charge is 0.492 e. The maximum atomic E-state index is 14.1. The van der Waals surface area contributed by atoms with Gasteiger partial charge in [0.1, 0.15) is 24.2 Å². The molecule has 1 saturated heterocycles. The highest BCUT2D eigenvalue weighted by Crippen LogP contribution is 2.36. The average Bonchev–Trinajstić information content (AvgIpc) is 3.95. The molecule has 0 spiro atoms. The minimum absolute atomic E-state index is 0.00226. The summed E-state index contributed by atoms with van der Waals surface area (Å²) in [4.78, 5) is 62.5. The van der Waals surface area contributed by atoms with Crippen molar-refractivity contribution in [3.63, 3.8) is 0 Å². The van der Waals surface area contributed by atoms with Gasteiger partial charge in [0.05, 0.1) is 28.7 Å². The molecule has 3 amide bonds. The van der Waals surface area contributed by atoms with Gasteiger partial charge < -0.3 is 25.0 Å². The highest BCUT2D eigenvalue weighted by molar-refractivity contribution is 7.13. The topological polar surface area (TPSA) is 129 Å². The number of aliphatic hydroxyl groups is 1. The number of β-amino-alcohol motifs (C(OH)–C–C–N with tert-alkyl or cyclic N) is 1. The second kappa shape index (κ2) is 24.2. The zero-order chi connectivity index (χ0) is 47.9. The molecule has 354 valence electrons. The fourth-order valence-corrected chi connectivity index (χ4v) is 9.64. The molecule has 67 heavy (non-hydrogen) atoms. The Morgan fingerprint density at radius 2 is 1.48 bits per heavy atom. The van der Waals surface area contributed by atoms with Gasteiger partial charge >= 0.3 is 0 Å². The summed E-state index contributed by atoms with van der Waals surface area (Å²) in [5.74, 6) is -0.418. The summed E-state index contributed by atoms with van der Waals surface area (Å²) in [6, 6.07) is 36.3. The number of benzene rings is 4. The molecular weight excluding hydrogens is 857 g/mol. The van der Waals surface area contributed by atoms with Crippen LogP contribution in [0.2, 0.25) is 0 Å². The number of allylic oxidation sites excluding steroid dienone is 1. The number of ketones is 1. The van der Waals surface area contributed by atoms with E-state index in [1.54, 1.807) is 23.3 Å². The van der Waals surface area contributed by atoms with E-state index in [1.807, 2.05) is 81.7 Å². The average molecular weight is 925 g/mol. The predicted octanol–water partition coefficient (Wildman–Crippen LogP) is 10.6. The molecule has 1 aliphatic rings. The number of rotatable bonds is 22. The van der Waals surface area contributed by atoms with Crippen molar-refractivity contribution in [2.45, 2.75) is 111 Å². The molecule has 0 radical (unpaired) electrons. The fraction of sp³-hybridized carbons (Fsp3) is 0.411. The van der Waals surface area contributed by atoms with E-state index < -0.39 is 23.5 Å². The first-order chi connectivity index (χ1) is 32.2. The highest BCUT2D eigenvalue weighted by Gasteiger charge is 2.44. The Morgan fingerprint density at radius 3 is 2.09 bits per heavy atom. The van der Waals surface area contributed by atoms with Crippen molar-refractivity contribution in [1.29, 1.82) is 0 Å². The van der Waals surface area contributed by atoms with Gasteiger partial charge in [-0.15, -0.1) is 11.3 Å². The molecule has 0 unspecified atom stereocenters. The molecule has 2 N–H and O–H groups in total. The lowest BCUT2D eigenvalue weighted by Gasteiger charge is -2.34. The number of aryl methyl sites for hydroxylation is 1. The Balaban J connectivity index is 0.900. The maximum Gasteiger partial charge on any atom is 0.243 e. The number of thiazole rings is 1. The summed E-state index contributed by atoms with van der Waals surface area (Å²) >= 11 is 1.59. The van der Waals surface area contributed by atoms with Gasteiger partial charge in [0.15, 0.2) is 0 Å². The van der Waals surface area contributed by atoms with Gasteiger partial charge in [-0.2, -0.15) is 0 Å². The van der Waals surface area contributed by atoms with Crippen LogP contribution in [0, 0.1) is 18.3 Å². The van der Waals surface area contributed by atoms with Crippen LogP contribution in [0.5, 0.6) is 5.75 Å². The van der Waals surface area contributed by atoms with Gasteiger partial charge in [-0.3, -0.25) is 19.2 Å². The molecule has 4 aromatic carbocycles. The van der Waals surface area contributed by atoms with Crippen LogP contribution in [0.25, 0.3) is 21.6 Å². The molecule has 5 aromatic rings. The van der Waals surface area contributed by atoms with Crippen LogP contribution in [0.1, 0.15) is 113 Å². The number of nitrogens with one attached hydrogen (secondary N) is 1. The van der Waals surface area contributed by atoms with Crippen molar-refractivity contribution in [3.8, 4) is 16.2 Å². The van der Waals surface area contributed by atoms with Crippen LogP contribution >= 0.6 is 11.3 Å². The Kier molecular flexibility index (Phi) is 18.2. The van der Waals surface area contributed by atoms with Gasteiger partial charge in [0.25, 0.3) is 0 Å². The van der Waals surface area contributed by atoms with Crippen molar-refractivity contribution < 1.29 is 29.0 Å². The second-order valence-electron chi connectivity index (χ2n) is 18.8. The van der Waals surface area contributed by atoms with Crippen molar-refractivity contribution in [2.24, 2.45) is 11.3 Å². The van der Waals surface area contributed by atoms with Crippen molar-refractivity contribution in [1.82, 2.24) is 20.1 Å². The van der Waals surface area contributed by atoms with Crippen LogP contribution in [0.15, 0.2) is 115 Å². The summed E-state index contributed by atoms with van der Waals surface area (Å²) in [6.45, 7) is 11.2.